The molecule has 3 amide bonds. The summed E-state index contributed by atoms with van der Waals surface area (Å²) >= 11 is 0. The van der Waals surface area contributed by atoms with E-state index in [9.17, 15) is 19.2 Å². The Morgan fingerprint density at radius 3 is 2.00 bits per heavy atom. The minimum atomic E-state index is -1.13. The SMILES string of the molecule is O=C(O)CCN1C(=O)C(=Cc2ccccc2)N(CCC(=O)O)C1=O. The fraction of sp³-hybridized carbons (Fsp3) is 0.250. The molecule has 0 atom stereocenters. The quantitative estimate of drug-likeness (QED) is 0.573. The Hall–Kier alpha value is -3.16. The third kappa shape index (κ3) is 3.97. The maximum absolute atomic E-state index is 12.4. The summed E-state index contributed by atoms with van der Waals surface area (Å²) in [6.07, 6.45) is 0.795. The van der Waals surface area contributed by atoms with Crippen LogP contribution in [0.3, 0.4) is 0 Å². The van der Waals surface area contributed by atoms with E-state index in [1.165, 1.54) is 6.08 Å². The van der Waals surface area contributed by atoms with Crippen molar-refractivity contribution in [3.05, 3.63) is 41.6 Å². The average Bonchev–Trinajstić information content (AvgIpc) is 2.75. The van der Waals surface area contributed by atoms with Crippen molar-refractivity contribution < 1.29 is 29.4 Å². The number of hydrogen-bond donors (Lipinski definition) is 2. The molecule has 1 aromatic carbocycles. The van der Waals surface area contributed by atoms with Gasteiger partial charge in [0.15, 0.2) is 0 Å². The van der Waals surface area contributed by atoms with Gasteiger partial charge in [0.25, 0.3) is 5.91 Å². The van der Waals surface area contributed by atoms with Gasteiger partial charge in [-0.25, -0.2) is 4.79 Å². The minimum absolute atomic E-state index is 0.0397. The number of benzene rings is 1. The van der Waals surface area contributed by atoms with E-state index in [4.69, 9.17) is 10.2 Å². The number of amides is 3. The minimum Gasteiger partial charge on any atom is -0.481 e. The Morgan fingerprint density at radius 2 is 1.46 bits per heavy atom. The number of nitrogens with zero attached hydrogens (tertiary/aromatic N) is 2. The lowest BCUT2D eigenvalue weighted by Crippen LogP contribution is -2.35. The van der Waals surface area contributed by atoms with Crippen LogP contribution in [0.5, 0.6) is 0 Å². The molecule has 8 nitrogen and oxygen atoms in total. The van der Waals surface area contributed by atoms with Crippen molar-refractivity contribution in [2.24, 2.45) is 0 Å². The average molecular weight is 332 g/mol. The Labute approximate surface area is 137 Å². The second-order valence-corrected chi connectivity index (χ2v) is 5.12. The third-order valence-corrected chi connectivity index (χ3v) is 3.42. The van der Waals surface area contributed by atoms with Crippen LogP contribution in [0.2, 0.25) is 0 Å². The van der Waals surface area contributed by atoms with E-state index in [1.54, 1.807) is 30.3 Å². The van der Waals surface area contributed by atoms with Gasteiger partial charge in [-0.2, -0.15) is 0 Å². The van der Waals surface area contributed by atoms with Crippen molar-refractivity contribution >= 4 is 30.0 Å². The van der Waals surface area contributed by atoms with Gasteiger partial charge < -0.3 is 10.2 Å². The highest BCUT2D eigenvalue weighted by molar-refractivity contribution is 6.14. The molecule has 0 radical (unpaired) electrons. The van der Waals surface area contributed by atoms with Crippen LogP contribution in [0, 0.1) is 0 Å². The standard InChI is InChI=1S/C16H16N2O6/c19-13(20)6-8-17-12(10-11-4-2-1-3-5-11)15(23)18(16(17)24)9-7-14(21)22/h1-5,10H,6-9H2,(H,19,20)(H,21,22). The van der Waals surface area contributed by atoms with Crippen LogP contribution < -0.4 is 0 Å². The second-order valence-electron chi connectivity index (χ2n) is 5.12. The fourth-order valence-electron chi connectivity index (χ4n) is 2.26. The predicted molar refractivity (Wildman–Crippen MR) is 82.7 cm³/mol. The van der Waals surface area contributed by atoms with Gasteiger partial charge in [0.1, 0.15) is 5.70 Å². The largest absolute Gasteiger partial charge is 0.481 e. The van der Waals surface area contributed by atoms with Crippen LogP contribution in [-0.4, -0.2) is 57.0 Å². The van der Waals surface area contributed by atoms with Gasteiger partial charge in [-0.15, -0.1) is 0 Å². The highest BCUT2D eigenvalue weighted by Gasteiger charge is 2.40. The van der Waals surface area contributed by atoms with E-state index in [0.29, 0.717) is 5.56 Å². The zero-order valence-corrected chi connectivity index (χ0v) is 12.7. The molecular formula is C16H16N2O6. The number of imide groups is 1. The highest BCUT2D eigenvalue weighted by atomic mass is 16.4. The molecule has 1 fully saturated rings. The Balaban J connectivity index is 2.30. The van der Waals surface area contributed by atoms with Crippen molar-refractivity contribution in [3.63, 3.8) is 0 Å². The molecule has 1 heterocycles. The maximum Gasteiger partial charge on any atom is 0.331 e. The van der Waals surface area contributed by atoms with E-state index in [2.05, 4.69) is 0 Å². The first-order chi connectivity index (χ1) is 11.4. The molecule has 24 heavy (non-hydrogen) atoms. The smallest absolute Gasteiger partial charge is 0.331 e. The van der Waals surface area contributed by atoms with Crippen LogP contribution in [0.1, 0.15) is 18.4 Å². The molecule has 0 spiro atoms. The molecular weight excluding hydrogens is 316 g/mol. The van der Waals surface area contributed by atoms with Gasteiger partial charge in [-0.05, 0) is 11.6 Å². The summed E-state index contributed by atoms with van der Waals surface area (Å²) in [6.45, 7) is -0.426. The summed E-state index contributed by atoms with van der Waals surface area (Å²) in [6, 6.07) is 8.09. The molecule has 0 aliphatic carbocycles. The second kappa shape index (κ2) is 7.40. The molecule has 0 bridgehead atoms. The summed E-state index contributed by atoms with van der Waals surface area (Å²) in [5, 5.41) is 17.5. The maximum atomic E-state index is 12.4. The Kier molecular flexibility index (Phi) is 5.31. The third-order valence-electron chi connectivity index (χ3n) is 3.42. The zero-order chi connectivity index (χ0) is 17.7. The van der Waals surface area contributed by atoms with E-state index in [-0.39, 0.29) is 31.6 Å². The first-order valence-electron chi connectivity index (χ1n) is 7.24. The van der Waals surface area contributed by atoms with Crippen molar-refractivity contribution in [3.8, 4) is 0 Å². The molecule has 1 aliphatic heterocycles. The summed E-state index contributed by atoms with van der Waals surface area (Å²) in [4.78, 5) is 48.1. The number of rotatable bonds is 7. The fourth-order valence-corrected chi connectivity index (χ4v) is 2.26. The molecule has 0 aromatic heterocycles. The Bertz CT molecular complexity index is 698. The van der Waals surface area contributed by atoms with Crippen LogP contribution >= 0.6 is 0 Å². The van der Waals surface area contributed by atoms with Crippen molar-refractivity contribution in [2.75, 3.05) is 13.1 Å². The highest BCUT2D eigenvalue weighted by Crippen LogP contribution is 2.24. The number of hydrogen-bond acceptors (Lipinski definition) is 4. The van der Waals surface area contributed by atoms with Gasteiger partial charge in [0.2, 0.25) is 0 Å². The summed E-state index contributed by atoms with van der Waals surface area (Å²) in [5.41, 5.74) is 0.715. The number of aliphatic carboxylic acids is 2. The molecule has 0 saturated carbocycles. The van der Waals surface area contributed by atoms with Gasteiger partial charge in [-0.1, -0.05) is 30.3 Å². The van der Waals surface area contributed by atoms with Gasteiger partial charge in [0.05, 0.1) is 12.8 Å². The summed E-state index contributed by atoms with van der Waals surface area (Å²) in [5.74, 6) is -2.86. The summed E-state index contributed by atoms with van der Waals surface area (Å²) < 4.78 is 0. The molecule has 8 heteroatoms. The van der Waals surface area contributed by atoms with Gasteiger partial charge >= 0.3 is 18.0 Å². The molecule has 1 saturated heterocycles. The van der Waals surface area contributed by atoms with E-state index in [0.717, 1.165) is 9.80 Å². The number of carbonyl (C=O) groups excluding carboxylic acids is 2. The molecule has 1 aliphatic rings. The van der Waals surface area contributed by atoms with Crippen molar-refractivity contribution in [1.82, 2.24) is 9.80 Å². The van der Waals surface area contributed by atoms with Crippen LogP contribution in [-0.2, 0) is 14.4 Å². The topological polar surface area (TPSA) is 115 Å². The van der Waals surface area contributed by atoms with Crippen LogP contribution in [0.25, 0.3) is 6.08 Å². The first-order valence-corrected chi connectivity index (χ1v) is 7.24. The van der Waals surface area contributed by atoms with Gasteiger partial charge in [0, 0.05) is 13.1 Å². The number of carbonyl (C=O) groups is 4. The molecule has 126 valence electrons. The molecule has 2 rings (SSSR count). The van der Waals surface area contributed by atoms with E-state index in [1.807, 2.05) is 0 Å². The van der Waals surface area contributed by atoms with Crippen molar-refractivity contribution in [2.45, 2.75) is 12.8 Å². The zero-order valence-electron chi connectivity index (χ0n) is 12.7. The number of carboxylic acids is 2. The molecule has 1 aromatic rings. The first kappa shape index (κ1) is 17.2. The monoisotopic (exact) mass is 332 g/mol. The van der Waals surface area contributed by atoms with Crippen molar-refractivity contribution in [1.29, 1.82) is 0 Å². The lowest BCUT2D eigenvalue weighted by atomic mass is 10.2. The van der Waals surface area contributed by atoms with E-state index >= 15 is 0 Å². The van der Waals surface area contributed by atoms with Crippen LogP contribution in [0.15, 0.2) is 36.0 Å². The normalized spacial score (nSPS) is 16.1. The predicted octanol–water partition coefficient (Wildman–Crippen LogP) is 1.24. The van der Waals surface area contributed by atoms with Crippen LogP contribution in [0.4, 0.5) is 4.79 Å². The molecule has 2 N–H and O–H groups in total. The molecule has 0 unspecified atom stereocenters. The Morgan fingerprint density at radius 1 is 0.917 bits per heavy atom. The van der Waals surface area contributed by atoms with E-state index < -0.39 is 23.9 Å². The lowest BCUT2D eigenvalue weighted by molar-refractivity contribution is -0.138. The lowest BCUT2D eigenvalue weighted by Gasteiger charge is -2.15. The number of urea groups is 1. The number of carboxylic acid groups (broad SMARTS) is 2. The van der Waals surface area contributed by atoms with Gasteiger partial charge in [-0.3, -0.25) is 24.2 Å². The summed E-state index contributed by atoms with van der Waals surface area (Å²) in [7, 11) is 0.